The molecule has 4 fully saturated rings. The van der Waals surface area contributed by atoms with Gasteiger partial charge in [0.2, 0.25) is 0 Å². The topological polar surface area (TPSA) is 23.1 Å². The molecule has 0 N–H and O–H groups in total. The lowest BCUT2D eigenvalue weighted by atomic mass is 9.59. The Morgan fingerprint density at radius 3 is 2.25 bits per heavy atom. The van der Waals surface area contributed by atoms with Crippen LogP contribution in [0.4, 0.5) is 0 Å². The summed E-state index contributed by atoms with van der Waals surface area (Å²) in [4.78, 5) is 0. The highest BCUT2D eigenvalue weighted by molar-refractivity contribution is 5.04. The van der Waals surface area contributed by atoms with Crippen molar-refractivity contribution in [3.63, 3.8) is 0 Å². The van der Waals surface area contributed by atoms with Gasteiger partial charge in [-0.05, 0) is 50.9 Å². The van der Waals surface area contributed by atoms with Gasteiger partial charge in [0, 0.05) is 11.6 Å². The fourth-order valence-electron chi connectivity index (χ4n) is 4.00. The van der Waals surface area contributed by atoms with Crippen molar-refractivity contribution in [3.05, 3.63) is 0 Å². The molecular formula is C10H16NO. The molecule has 4 bridgehead atoms. The molecule has 0 amide bonds. The van der Waals surface area contributed by atoms with Gasteiger partial charge in [-0.25, -0.2) is 0 Å². The number of rotatable bonds is 0. The van der Waals surface area contributed by atoms with Gasteiger partial charge >= 0.3 is 0 Å². The Kier molecular flexibility index (Phi) is 1.25. The number of hydroxylamine groups is 2. The highest BCUT2D eigenvalue weighted by Gasteiger charge is 2.53. The van der Waals surface area contributed by atoms with Crippen LogP contribution in [-0.4, -0.2) is 16.6 Å². The first-order chi connectivity index (χ1) is 5.67. The predicted octanol–water partition coefficient (Wildman–Crippen LogP) is 1.98. The molecule has 2 heterocycles. The molecule has 2 atom stereocenters. The summed E-state index contributed by atoms with van der Waals surface area (Å²) in [6.45, 7) is 2.17. The normalized spacial score (nSPS) is 58.0. The maximum atomic E-state index is 11.8. The largest absolute Gasteiger partial charge is 0.146 e. The van der Waals surface area contributed by atoms with Crippen LogP contribution >= 0.6 is 0 Å². The number of nitrogens with zero attached hydrogens (tertiary/aromatic N) is 1. The Morgan fingerprint density at radius 2 is 1.75 bits per heavy atom. The highest BCUT2D eigenvalue weighted by Crippen LogP contribution is 2.53. The molecule has 4 rings (SSSR count). The molecule has 12 heavy (non-hydrogen) atoms. The molecule has 0 aromatic rings. The minimum atomic E-state index is 0.0365. The van der Waals surface area contributed by atoms with Crippen molar-refractivity contribution < 1.29 is 5.21 Å². The van der Waals surface area contributed by atoms with Crippen LogP contribution in [0.3, 0.4) is 0 Å². The van der Waals surface area contributed by atoms with E-state index < -0.39 is 0 Å². The van der Waals surface area contributed by atoms with E-state index in [1.54, 1.807) is 0 Å². The number of piperidine rings is 2. The molecule has 2 aliphatic heterocycles. The van der Waals surface area contributed by atoms with Gasteiger partial charge in [0.15, 0.2) is 0 Å². The molecule has 2 aliphatic carbocycles. The Bertz CT molecular complexity index is 202. The highest BCUT2D eigenvalue weighted by atomic mass is 16.5. The smallest absolute Gasteiger partial charge is 0.0474 e. The van der Waals surface area contributed by atoms with E-state index in [1.807, 2.05) is 0 Å². The number of hydrogen-bond donors (Lipinski definition) is 0. The fraction of sp³-hybridized carbons (Fsp3) is 1.00. The molecule has 1 radical (unpaired) electrons. The van der Waals surface area contributed by atoms with E-state index >= 15 is 0 Å². The van der Waals surface area contributed by atoms with Crippen LogP contribution in [0.25, 0.3) is 0 Å². The molecule has 0 aromatic heterocycles. The minimum Gasteiger partial charge on any atom is -0.146 e. The average Bonchev–Trinajstić information content (AvgIpc) is 1.98. The standard InChI is InChI=1S/C10H16NO/c1-10-5-7-2-8(6-10)4-9(3-7)11(10)12/h7-9H,2-6H2,1H3. The Hall–Kier alpha value is -0.0800. The summed E-state index contributed by atoms with van der Waals surface area (Å²) in [5.41, 5.74) is 0.0365. The van der Waals surface area contributed by atoms with Crippen LogP contribution in [-0.2, 0) is 5.21 Å². The second kappa shape index (κ2) is 2.05. The van der Waals surface area contributed by atoms with Gasteiger partial charge in [-0.15, -0.1) is 10.3 Å². The van der Waals surface area contributed by atoms with E-state index in [-0.39, 0.29) is 5.54 Å². The summed E-state index contributed by atoms with van der Waals surface area (Å²) in [7, 11) is 0. The Balaban J connectivity index is 1.97. The van der Waals surface area contributed by atoms with Gasteiger partial charge in [-0.3, -0.25) is 0 Å². The molecule has 2 heteroatoms. The van der Waals surface area contributed by atoms with Crippen molar-refractivity contribution in [1.29, 1.82) is 0 Å². The van der Waals surface area contributed by atoms with E-state index in [2.05, 4.69) is 6.92 Å². The van der Waals surface area contributed by atoms with Gasteiger partial charge in [-0.1, -0.05) is 0 Å². The van der Waals surface area contributed by atoms with E-state index in [0.717, 1.165) is 11.8 Å². The zero-order valence-corrected chi connectivity index (χ0v) is 7.62. The lowest BCUT2D eigenvalue weighted by molar-refractivity contribution is -0.307. The molecule has 67 valence electrons. The maximum absolute atomic E-state index is 11.8. The monoisotopic (exact) mass is 166 g/mol. The fourth-order valence-corrected chi connectivity index (χ4v) is 4.00. The van der Waals surface area contributed by atoms with Crippen molar-refractivity contribution in [2.75, 3.05) is 0 Å². The predicted molar refractivity (Wildman–Crippen MR) is 44.8 cm³/mol. The van der Waals surface area contributed by atoms with Crippen molar-refractivity contribution in [1.82, 2.24) is 5.06 Å². The average molecular weight is 166 g/mol. The van der Waals surface area contributed by atoms with Crippen LogP contribution in [0, 0.1) is 11.8 Å². The van der Waals surface area contributed by atoms with E-state index in [4.69, 9.17) is 0 Å². The molecule has 2 unspecified atom stereocenters. The molecule has 0 aromatic carbocycles. The van der Waals surface area contributed by atoms with Crippen LogP contribution < -0.4 is 0 Å². The van der Waals surface area contributed by atoms with Gasteiger partial charge in [0.1, 0.15) is 0 Å². The van der Waals surface area contributed by atoms with Crippen LogP contribution in [0.5, 0.6) is 0 Å². The summed E-state index contributed by atoms with van der Waals surface area (Å²) in [6.07, 6.45) is 6.14. The second-order valence-corrected chi connectivity index (χ2v) is 5.32. The summed E-state index contributed by atoms with van der Waals surface area (Å²) < 4.78 is 0. The SMILES string of the molecule is CC12CC3CC(CC(C3)N1[O])C2. The van der Waals surface area contributed by atoms with E-state index in [9.17, 15) is 5.21 Å². The summed E-state index contributed by atoms with van der Waals surface area (Å²) in [5.74, 6) is 1.77. The molecule has 2 nitrogen and oxygen atoms in total. The quantitative estimate of drug-likeness (QED) is 0.539. The van der Waals surface area contributed by atoms with Gasteiger partial charge in [-0.2, -0.15) is 0 Å². The Labute approximate surface area is 73.5 Å². The summed E-state index contributed by atoms with van der Waals surface area (Å²) in [6, 6.07) is 0.390. The van der Waals surface area contributed by atoms with Crippen molar-refractivity contribution in [3.8, 4) is 0 Å². The maximum Gasteiger partial charge on any atom is 0.0474 e. The zero-order valence-electron chi connectivity index (χ0n) is 7.62. The molecule has 0 spiro atoms. The lowest BCUT2D eigenvalue weighted by Crippen LogP contribution is -2.62. The minimum absolute atomic E-state index is 0.0365. The lowest BCUT2D eigenvalue weighted by Gasteiger charge is -2.58. The van der Waals surface area contributed by atoms with Crippen LogP contribution in [0.15, 0.2) is 0 Å². The Morgan fingerprint density at radius 1 is 1.17 bits per heavy atom. The third kappa shape index (κ3) is 0.775. The molecule has 2 saturated carbocycles. The second-order valence-electron chi connectivity index (χ2n) is 5.32. The first-order valence-electron chi connectivity index (χ1n) is 5.14. The van der Waals surface area contributed by atoms with Crippen molar-refractivity contribution >= 4 is 0 Å². The third-order valence-electron chi connectivity index (χ3n) is 4.20. The molecular weight excluding hydrogens is 150 g/mol. The van der Waals surface area contributed by atoms with E-state index in [0.29, 0.717) is 6.04 Å². The van der Waals surface area contributed by atoms with Crippen LogP contribution in [0.1, 0.15) is 39.0 Å². The first kappa shape index (κ1) is 7.34. The zero-order chi connectivity index (χ0) is 8.34. The van der Waals surface area contributed by atoms with Crippen molar-refractivity contribution in [2.45, 2.75) is 50.6 Å². The van der Waals surface area contributed by atoms with Crippen molar-refractivity contribution in [2.24, 2.45) is 11.8 Å². The van der Waals surface area contributed by atoms with E-state index in [1.165, 1.54) is 37.2 Å². The molecule has 4 aliphatic rings. The van der Waals surface area contributed by atoms with Gasteiger partial charge in [0.25, 0.3) is 0 Å². The first-order valence-corrected chi connectivity index (χ1v) is 5.14. The van der Waals surface area contributed by atoms with Gasteiger partial charge < -0.3 is 0 Å². The van der Waals surface area contributed by atoms with Crippen LogP contribution in [0.2, 0.25) is 0 Å². The summed E-state index contributed by atoms with van der Waals surface area (Å²) >= 11 is 0. The van der Waals surface area contributed by atoms with Gasteiger partial charge in [0.05, 0.1) is 0 Å². The molecule has 2 saturated heterocycles. The number of hydrogen-bond acceptors (Lipinski definition) is 1. The summed E-state index contributed by atoms with van der Waals surface area (Å²) in [5, 5.41) is 13.2. The third-order valence-corrected chi connectivity index (χ3v) is 4.20.